The van der Waals surface area contributed by atoms with E-state index < -0.39 is 0 Å². The first kappa shape index (κ1) is 15.2. The lowest BCUT2D eigenvalue weighted by Gasteiger charge is -2.10. The zero-order valence-electron chi connectivity index (χ0n) is 13.8. The van der Waals surface area contributed by atoms with Crippen molar-refractivity contribution in [3.05, 3.63) is 52.9 Å². The Kier molecular flexibility index (Phi) is 3.98. The molecule has 1 aliphatic rings. The molecule has 0 N–H and O–H groups in total. The summed E-state index contributed by atoms with van der Waals surface area (Å²) in [4.78, 5) is 4.84. The van der Waals surface area contributed by atoms with E-state index in [-0.39, 0.29) is 0 Å². The number of aryl methyl sites for hydroxylation is 2. The third-order valence-corrected chi connectivity index (χ3v) is 5.41. The zero-order valence-corrected chi connectivity index (χ0v) is 14.7. The average Bonchev–Trinajstić information content (AvgIpc) is 3.29. The van der Waals surface area contributed by atoms with E-state index in [1.807, 2.05) is 18.2 Å². The van der Waals surface area contributed by atoms with Gasteiger partial charge in [0.15, 0.2) is 11.5 Å². The number of benzene rings is 2. The first-order valence-corrected chi connectivity index (χ1v) is 8.97. The van der Waals surface area contributed by atoms with Crippen molar-refractivity contribution >= 4 is 11.3 Å². The van der Waals surface area contributed by atoms with Gasteiger partial charge < -0.3 is 9.47 Å². The molecule has 0 amide bonds. The molecule has 4 heteroatoms. The third kappa shape index (κ3) is 2.57. The number of rotatable bonds is 4. The van der Waals surface area contributed by atoms with Gasteiger partial charge in [0.05, 0.1) is 25.5 Å². The fourth-order valence-electron chi connectivity index (χ4n) is 3.32. The van der Waals surface area contributed by atoms with Crippen LogP contribution in [0.1, 0.15) is 17.5 Å². The van der Waals surface area contributed by atoms with Gasteiger partial charge in [0.1, 0.15) is 5.01 Å². The van der Waals surface area contributed by atoms with Gasteiger partial charge in [-0.3, -0.25) is 0 Å². The third-order valence-electron chi connectivity index (χ3n) is 4.53. The highest BCUT2D eigenvalue weighted by molar-refractivity contribution is 7.13. The second-order valence-electron chi connectivity index (χ2n) is 5.92. The van der Waals surface area contributed by atoms with Crippen LogP contribution in [0.15, 0.2) is 41.8 Å². The van der Waals surface area contributed by atoms with Gasteiger partial charge in [-0.1, -0.05) is 18.2 Å². The van der Waals surface area contributed by atoms with Crippen LogP contribution in [-0.2, 0) is 12.8 Å². The number of hydrogen-bond donors (Lipinski definition) is 0. The maximum Gasteiger partial charge on any atom is 0.170 e. The van der Waals surface area contributed by atoms with Crippen LogP contribution in [-0.4, -0.2) is 19.2 Å². The normalized spacial score (nSPS) is 12.9. The van der Waals surface area contributed by atoms with Gasteiger partial charge in [-0.25, -0.2) is 4.98 Å². The molecular formula is C20H19NO2S. The molecule has 0 bridgehead atoms. The molecule has 1 aromatic heterocycles. The van der Waals surface area contributed by atoms with Crippen molar-refractivity contribution in [2.45, 2.75) is 19.3 Å². The van der Waals surface area contributed by atoms with E-state index in [2.05, 4.69) is 23.6 Å². The Balaban J connectivity index is 1.73. The van der Waals surface area contributed by atoms with Crippen LogP contribution in [0.2, 0.25) is 0 Å². The molecule has 0 aliphatic heterocycles. The fourth-order valence-corrected chi connectivity index (χ4v) is 4.17. The van der Waals surface area contributed by atoms with Gasteiger partial charge in [-0.05, 0) is 48.6 Å². The van der Waals surface area contributed by atoms with Crippen molar-refractivity contribution < 1.29 is 9.47 Å². The maximum absolute atomic E-state index is 5.54. The van der Waals surface area contributed by atoms with E-state index in [9.17, 15) is 0 Å². The molecule has 3 aromatic rings. The Morgan fingerprint density at radius 2 is 1.88 bits per heavy atom. The van der Waals surface area contributed by atoms with Crippen LogP contribution < -0.4 is 9.47 Å². The number of fused-ring (bicyclic) bond motifs is 1. The van der Waals surface area contributed by atoms with Crippen LogP contribution in [0, 0.1) is 0 Å². The van der Waals surface area contributed by atoms with Crippen LogP contribution in [0.5, 0.6) is 11.5 Å². The lowest BCUT2D eigenvalue weighted by molar-refractivity contribution is 0.356. The summed E-state index contributed by atoms with van der Waals surface area (Å²) < 4.78 is 10.9. The Morgan fingerprint density at radius 1 is 1.00 bits per heavy atom. The number of methoxy groups -OCH3 is 2. The lowest BCUT2D eigenvalue weighted by atomic mass is 10.1. The Morgan fingerprint density at radius 3 is 2.71 bits per heavy atom. The summed E-state index contributed by atoms with van der Waals surface area (Å²) in [5.74, 6) is 1.46. The van der Waals surface area contributed by atoms with Crippen molar-refractivity contribution in [1.29, 1.82) is 0 Å². The van der Waals surface area contributed by atoms with E-state index in [0.717, 1.165) is 27.8 Å². The maximum atomic E-state index is 5.54. The number of thiazole rings is 1. The monoisotopic (exact) mass is 337 g/mol. The highest BCUT2D eigenvalue weighted by Crippen LogP contribution is 2.40. The minimum absolute atomic E-state index is 0.726. The number of hydrogen-bond acceptors (Lipinski definition) is 4. The lowest BCUT2D eigenvalue weighted by Crippen LogP contribution is -1.93. The Bertz CT molecular complexity index is 885. The molecule has 2 aromatic carbocycles. The predicted octanol–water partition coefficient (Wildman–Crippen LogP) is 4.98. The van der Waals surface area contributed by atoms with E-state index in [0.29, 0.717) is 0 Å². The second kappa shape index (κ2) is 6.29. The van der Waals surface area contributed by atoms with E-state index in [1.54, 1.807) is 25.6 Å². The molecule has 1 heterocycles. The molecule has 0 atom stereocenters. The fraction of sp³-hybridized carbons (Fsp3) is 0.250. The van der Waals surface area contributed by atoms with Crippen LogP contribution in [0.4, 0.5) is 0 Å². The topological polar surface area (TPSA) is 31.4 Å². The summed E-state index contributed by atoms with van der Waals surface area (Å²) in [5.41, 5.74) is 6.15. The van der Waals surface area contributed by atoms with Crippen molar-refractivity contribution in [1.82, 2.24) is 4.98 Å². The smallest absolute Gasteiger partial charge is 0.170 e. The molecule has 1 aliphatic carbocycles. The number of ether oxygens (including phenoxy) is 2. The molecule has 3 nitrogen and oxygen atoms in total. The molecule has 4 rings (SSSR count). The van der Waals surface area contributed by atoms with Crippen LogP contribution in [0.25, 0.3) is 21.8 Å². The molecule has 0 radical (unpaired) electrons. The van der Waals surface area contributed by atoms with Gasteiger partial charge in [-0.15, -0.1) is 11.3 Å². The molecular weight excluding hydrogens is 318 g/mol. The number of aromatic nitrogens is 1. The molecule has 0 saturated heterocycles. The highest BCUT2D eigenvalue weighted by atomic mass is 32.1. The van der Waals surface area contributed by atoms with Gasteiger partial charge in [0, 0.05) is 10.9 Å². The Labute approximate surface area is 145 Å². The SMILES string of the molecule is COc1cccc(-c2nc(-c3ccc4c(c3)CCC4)cs2)c1OC. The summed E-state index contributed by atoms with van der Waals surface area (Å²) in [6, 6.07) is 12.6. The highest BCUT2D eigenvalue weighted by Gasteiger charge is 2.16. The second-order valence-corrected chi connectivity index (χ2v) is 6.77. The average molecular weight is 337 g/mol. The summed E-state index contributed by atoms with van der Waals surface area (Å²) in [6.07, 6.45) is 3.66. The zero-order chi connectivity index (χ0) is 16.5. The van der Waals surface area contributed by atoms with Crippen molar-refractivity contribution in [3.8, 4) is 33.3 Å². The molecule has 122 valence electrons. The number of para-hydroxylation sites is 1. The minimum Gasteiger partial charge on any atom is -0.493 e. The van der Waals surface area contributed by atoms with Crippen LogP contribution in [0.3, 0.4) is 0 Å². The summed E-state index contributed by atoms with van der Waals surface area (Å²) in [7, 11) is 3.32. The summed E-state index contributed by atoms with van der Waals surface area (Å²) >= 11 is 1.63. The number of nitrogens with zero attached hydrogens (tertiary/aromatic N) is 1. The minimum atomic E-state index is 0.726. The largest absolute Gasteiger partial charge is 0.493 e. The molecule has 24 heavy (non-hydrogen) atoms. The molecule has 0 spiro atoms. The summed E-state index contributed by atoms with van der Waals surface area (Å²) in [5, 5.41) is 3.06. The first-order chi connectivity index (χ1) is 11.8. The van der Waals surface area contributed by atoms with Crippen LogP contribution >= 0.6 is 11.3 Å². The van der Waals surface area contributed by atoms with Gasteiger partial charge in [0.25, 0.3) is 0 Å². The quantitative estimate of drug-likeness (QED) is 0.672. The first-order valence-electron chi connectivity index (χ1n) is 8.09. The van der Waals surface area contributed by atoms with Gasteiger partial charge in [-0.2, -0.15) is 0 Å². The van der Waals surface area contributed by atoms with E-state index in [4.69, 9.17) is 14.5 Å². The van der Waals surface area contributed by atoms with Gasteiger partial charge in [0.2, 0.25) is 0 Å². The molecule has 0 unspecified atom stereocenters. The summed E-state index contributed by atoms with van der Waals surface area (Å²) in [6.45, 7) is 0. The molecule has 0 saturated carbocycles. The predicted molar refractivity (Wildman–Crippen MR) is 98.1 cm³/mol. The Hall–Kier alpha value is -2.33. The van der Waals surface area contributed by atoms with Crippen molar-refractivity contribution in [2.24, 2.45) is 0 Å². The van der Waals surface area contributed by atoms with Gasteiger partial charge >= 0.3 is 0 Å². The van der Waals surface area contributed by atoms with E-state index in [1.165, 1.54) is 36.0 Å². The van der Waals surface area contributed by atoms with E-state index >= 15 is 0 Å². The van der Waals surface area contributed by atoms with Crippen molar-refractivity contribution in [3.63, 3.8) is 0 Å². The van der Waals surface area contributed by atoms with Crippen molar-refractivity contribution in [2.75, 3.05) is 14.2 Å². The molecule has 0 fully saturated rings. The standard InChI is InChI=1S/C20H19NO2S/c1-22-18-8-4-7-16(19(18)23-2)20-21-17(12-24-20)15-10-9-13-5-3-6-14(13)11-15/h4,7-12H,3,5-6H2,1-2H3.